The summed E-state index contributed by atoms with van der Waals surface area (Å²) < 4.78 is 90.4. The van der Waals surface area contributed by atoms with Crippen molar-refractivity contribution in [3.8, 4) is 11.1 Å². The molecule has 0 aliphatic heterocycles. The summed E-state index contributed by atoms with van der Waals surface area (Å²) in [4.78, 5) is 0. The van der Waals surface area contributed by atoms with Crippen LogP contribution in [0, 0.1) is 11.3 Å². The zero-order valence-corrected chi connectivity index (χ0v) is 39.1. The van der Waals surface area contributed by atoms with Crippen LogP contribution in [0.3, 0.4) is 0 Å². The van der Waals surface area contributed by atoms with Gasteiger partial charge < -0.3 is 24.8 Å². The van der Waals surface area contributed by atoms with E-state index in [-0.39, 0.29) is 47.0 Å². The van der Waals surface area contributed by atoms with Crippen LogP contribution in [0.25, 0.3) is 11.1 Å². The Morgan fingerprint density at radius 3 is 1.67 bits per heavy atom. The minimum absolute atomic E-state index is 0. The molecule has 310 valence electrons. The average Bonchev–Trinajstić information content (AvgIpc) is 3.69. The second kappa shape index (κ2) is 17.3. The standard InChI is InChI=1S/C21H25.C15H8F6.C13H21.2ClH.Zr/c1-20(2,3)16-7-9-18-14(12-16)11-15-13-17(21(4,5)6)8-10-19(15)18;16-14(17,18)12-5-1-3-10(8-12)7-11-4-2-6-13(9-11)15(19,20)21;1-5-6-7-11-8-9-12(10-11)13(2,3)4;;;/h7-10,12H,11H2,1-6H3;1-6,8-9H;9-11H,5-7H2,1-4H3;2*1H;/q;;;;;+2/p-2. The van der Waals surface area contributed by atoms with E-state index in [1.165, 1.54) is 53.1 Å². The van der Waals surface area contributed by atoms with Gasteiger partial charge in [0, 0.05) is 0 Å². The van der Waals surface area contributed by atoms with Gasteiger partial charge in [0.2, 0.25) is 0 Å². The van der Waals surface area contributed by atoms with Crippen LogP contribution < -0.4 is 28.1 Å². The van der Waals surface area contributed by atoms with E-state index in [0.717, 1.165) is 48.1 Å². The van der Waals surface area contributed by atoms with Crippen LogP contribution in [0.5, 0.6) is 0 Å². The number of unbranched alkanes of at least 4 members (excludes halogenated alkanes) is 1. The van der Waals surface area contributed by atoms with Crippen LogP contribution in [-0.4, -0.2) is 3.21 Å². The third-order valence-corrected chi connectivity index (χ3v) is 19.3. The zero-order chi connectivity index (χ0) is 41.2. The number of allylic oxidation sites excluding steroid dienone is 4. The molecular weight excluding hydrogens is 865 g/mol. The summed E-state index contributed by atoms with van der Waals surface area (Å²) >= 11 is -3.89. The average molecular weight is 919 g/mol. The molecule has 9 heteroatoms. The van der Waals surface area contributed by atoms with Crippen molar-refractivity contribution in [3.05, 3.63) is 144 Å². The van der Waals surface area contributed by atoms with Gasteiger partial charge in [0.15, 0.2) is 0 Å². The third kappa shape index (κ3) is 9.90. The molecule has 0 aromatic heterocycles. The molecule has 0 bridgehead atoms. The van der Waals surface area contributed by atoms with Crippen LogP contribution in [0.15, 0.2) is 99.9 Å². The van der Waals surface area contributed by atoms with Crippen molar-refractivity contribution in [2.75, 3.05) is 0 Å². The smallest absolute Gasteiger partial charge is 1.00 e. The topological polar surface area (TPSA) is 0 Å². The van der Waals surface area contributed by atoms with E-state index in [4.69, 9.17) is 0 Å². The van der Waals surface area contributed by atoms with Crippen LogP contribution >= 0.6 is 0 Å². The Morgan fingerprint density at radius 2 is 1.19 bits per heavy atom. The van der Waals surface area contributed by atoms with Crippen LogP contribution in [0.1, 0.15) is 133 Å². The maximum absolute atomic E-state index is 14.6. The summed E-state index contributed by atoms with van der Waals surface area (Å²) in [6.45, 7) is 21.8. The van der Waals surface area contributed by atoms with Crippen molar-refractivity contribution in [3.63, 3.8) is 0 Å². The largest absolute Gasteiger partial charge is 1.00 e. The molecule has 0 saturated carbocycles. The molecule has 0 amide bonds. The normalized spacial score (nSPS) is 15.3. The summed E-state index contributed by atoms with van der Waals surface area (Å²) in [6, 6.07) is 21.7. The monoisotopic (exact) mass is 916 g/mol. The van der Waals surface area contributed by atoms with Gasteiger partial charge >= 0.3 is 339 Å². The molecular formula is C49H54Cl2F6Zr. The Hall–Kier alpha value is -2.73. The summed E-state index contributed by atoms with van der Waals surface area (Å²) in [6.07, 6.45) is -1.16. The van der Waals surface area contributed by atoms with Crippen LogP contribution in [0.4, 0.5) is 26.3 Å². The van der Waals surface area contributed by atoms with Crippen molar-refractivity contribution < 1.29 is 72.4 Å². The Labute approximate surface area is 361 Å². The van der Waals surface area contributed by atoms with E-state index in [9.17, 15) is 26.3 Å². The second-order valence-electron chi connectivity index (χ2n) is 18.7. The Bertz CT molecular complexity index is 2190. The van der Waals surface area contributed by atoms with Gasteiger partial charge in [0.25, 0.3) is 0 Å². The Morgan fingerprint density at radius 1 is 0.638 bits per heavy atom. The fourth-order valence-electron chi connectivity index (χ4n) is 8.24. The molecule has 0 fully saturated rings. The first-order chi connectivity index (χ1) is 25.9. The minimum Gasteiger partial charge on any atom is -1.00 e. The van der Waals surface area contributed by atoms with E-state index in [1.54, 1.807) is 12.1 Å². The second-order valence-corrected chi connectivity index (χ2v) is 24.4. The first kappa shape index (κ1) is 47.9. The number of rotatable bonds is 7. The van der Waals surface area contributed by atoms with Gasteiger partial charge in [-0.25, -0.2) is 0 Å². The molecule has 0 heterocycles. The van der Waals surface area contributed by atoms with Crippen LogP contribution in [-0.2, 0) is 50.9 Å². The van der Waals surface area contributed by atoms with Gasteiger partial charge in [-0.2, -0.15) is 0 Å². The number of alkyl halides is 6. The van der Waals surface area contributed by atoms with E-state index in [1.807, 2.05) is 0 Å². The molecule has 0 N–H and O–H groups in total. The molecule has 1 unspecified atom stereocenters. The maximum Gasteiger partial charge on any atom is -1.00 e. The summed E-state index contributed by atoms with van der Waals surface area (Å²) in [5, 5.41) is 0. The summed E-state index contributed by atoms with van der Waals surface area (Å²) in [5.41, 5.74) is 6.55. The summed E-state index contributed by atoms with van der Waals surface area (Å²) in [5.74, 6) is 0.0186. The molecule has 2 aliphatic carbocycles. The Kier molecular flexibility index (Phi) is 14.3. The number of benzene rings is 4. The molecule has 58 heavy (non-hydrogen) atoms. The molecule has 2 aliphatic rings. The number of fused-ring (bicyclic) bond motifs is 3. The number of hydrogen-bond donors (Lipinski definition) is 0. The van der Waals surface area contributed by atoms with Gasteiger partial charge in [-0.3, -0.25) is 0 Å². The predicted molar refractivity (Wildman–Crippen MR) is 216 cm³/mol. The molecule has 6 rings (SSSR count). The third-order valence-electron chi connectivity index (χ3n) is 11.3. The molecule has 0 saturated heterocycles. The first-order valence-electron chi connectivity index (χ1n) is 19.7. The minimum atomic E-state index is -4.63. The molecule has 0 radical (unpaired) electrons. The number of halogens is 8. The molecule has 0 spiro atoms. The SMILES string of the molecule is CCCCC1C=C(C(C)(C)C)C=[C]1[Zr+2](=[C](c1cccc(C(F)(F)F)c1)c1cccc(C(F)(F)F)c1)[c]1c(C(C)(C)C)ccc2c1Cc1cc(C(C)(C)C)ccc1-2.[Cl-].[Cl-]. The van der Waals surface area contributed by atoms with Gasteiger partial charge in [0.05, 0.1) is 0 Å². The van der Waals surface area contributed by atoms with E-state index in [0.29, 0.717) is 20.8 Å². The van der Waals surface area contributed by atoms with Crippen molar-refractivity contribution in [1.82, 2.24) is 0 Å². The molecule has 1 atom stereocenters. The van der Waals surface area contributed by atoms with Gasteiger partial charge in [-0.1, -0.05) is 0 Å². The fourth-order valence-corrected chi connectivity index (χ4v) is 17.7. The van der Waals surface area contributed by atoms with E-state index >= 15 is 0 Å². The van der Waals surface area contributed by atoms with Crippen molar-refractivity contribution in [1.29, 1.82) is 0 Å². The van der Waals surface area contributed by atoms with Gasteiger partial charge in [0.1, 0.15) is 0 Å². The summed E-state index contributed by atoms with van der Waals surface area (Å²) in [7, 11) is 0. The molecule has 4 aromatic carbocycles. The van der Waals surface area contributed by atoms with E-state index < -0.39 is 44.7 Å². The van der Waals surface area contributed by atoms with Crippen molar-refractivity contribution in [2.45, 2.75) is 118 Å². The molecule has 4 aromatic rings. The molecule has 0 nitrogen and oxygen atoms in total. The van der Waals surface area contributed by atoms with E-state index in [2.05, 4.69) is 112 Å². The van der Waals surface area contributed by atoms with Crippen LogP contribution in [0.2, 0.25) is 0 Å². The Balaban J connectivity index is 0.00000372. The quantitative estimate of drug-likeness (QED) is 0.145. The number of hydrogen-bond acceptors (Lipinski definition) is 0. The van der Waals surface area contributed by atoms with Crippen molar-refractivity contribution >= 4 is 6.48 Å². The zero-order valence-electron chi connectivity index (χ0n) is 35.1. The fraction of sp³-hybridized carbons (Fsp3) is 0.408. The van der Waals surface area contributed by atoms with Crippen molar-refractivity contribution in [2.24, 2.45) is 11.3 Å². The predicted octanol–water partition coefficient (Wildman–Crippen LogP) is 8.09. The maximum atomic E-state index is 14.6. The van der Waals surface area contributed by atoms with Gasteiger partial charge in [-0.15, -0.1) is 0 Å². The first-order valence-corrected chi connectivity index (χ1v) is 23.4. The van der Waals surface area contributed by atoms with Gasteiger partial charge in [-0.05, 0) is 0 Å².